The van der Waals surface area contributed by atoms with Crippen molar-refractivity contribution in [2.24, 2.45) is 0 Å². The molecule has 1 N–H and O–H groups in total. The number of hydrogen-bond acceptors (Lipinski definition) is 6. The number of rotatable bonds is 5. The molecule has 0 bridgehead atoms. The summed E-state index contributed by atoms with van der Waals surface area (Å²) in [5.41, 5.74) is 3.34. The summed E-state index contributed by atoms with van der Waals surface area (Å²) in [5, 5.41) is 6.95. The topological polar surface area (TPSA) is 77.8 Å². The van der Waals surface area contributed by atoms with E-state index in [2.05, 4.69) is 25.4 Å². The Bertz CT molecular complexity index is 1380. The first-order valence-electron chi connectivity index (χ1n) is 10.4. The molecule has 0 spiro atoms. The zero-order chi connectivity index (χ0) is 24.0. The van der Waals surface area contributed by atoms with Gasteiger partial charge in [-0.1, -0.05) is 0 Å². The van der Waals surface area contributed by atoms with E-state index in [0.29, 0.717) is 52.3 Å². The van der Waals surface area contributed by atoms with Gasteiger partial charge in [0.1, 0.15) is 5.82 Å². The molecular weight excluding hydrogens is 452 g/mol. The molecule has 7 nitrogen and oxygen atoms in total. The molecule has 0 amide bonds. The van der Waals surface area contributed by atoms with Gasteiger partial charge in [-0.15, -0.1) is 0 Å². The van der Waals surface area contributed by atoms with Gasteiger partial charge in [0.15, 0.2) is 5.69 Å². The van der Waals surface area contributed by atoms with E-state index in [4.69, 9.17) is 4.74 Å². The van der Waals surface area contributed by atoms with Gasteiger partial charge in [-0.25, -0.2) is 19.0 Å². The lowest BCUT2D eigenvalue weighted by Crippen LogP contribution is -2.09. The highest BCUT2D eigenvalue weighted by molar-refractivity contribution is 5.91. The molecule has 1 aliphatic carbocycles. The Morgan fingerprint density at radius 3 is 2.50 bits per heavy atom. The van der Waals surface area contributed by atoms with E-state index in [1.807, 2.05) is 6.92 Å². The first-order valence-corrected chi connectivity index (χ1v) is 10.4. The predicted octanol–water partition coefficient (Wildman–Crippen LogP) is 4.89. The van der Waals surface area contributed by atoms with E-state index in [9.17, 15) is 17.6 Å². The summed E-state index contributed by atoms with van der Waals surface area (Å²) >= 11 is 0. The molecule has 1 aliphatic rings. The highest BCUT2D eigenvalue weighted by Gasteiger charge is 2.35. The molecule has 0 fully saturated rings. The second-order valence-electron chi connectivity index (χ2n) is 7.63. The average molecular weight is 470 g/mol. The highest BCUT2D eigenvalue weighted by atomic mass is 19.4. The highest BCUT2D eigenvalue weighted by Crippen LogP contribution is 2.46. The summed E-state index contributed by atoms with van der Waals surface area (Å²) in [6.45, 7) is 2.47. The Kier molecular flexibility index (Phi) is 5.18. The van der Waals surface area contributed by atoms with Crippen LogP contribution in [0, 0.1) is 5.82 Å². The third-order valence-electron chi connectivity index (χ3n) is 5.56. The van der Waals surface area contributed by atoms with Crippen molar-refractivity contribution in [3.05, 3.63) is 65.8 Å². The lowest BCUT2D eigenvalue weighted by atomic mass is 9.99. The van der Waals surface area contributed by atoms with Crippen LogP contribution in [0.2, 0.25) is 0 Å². The molecule has 4 aromatic rings. The van der Waals surface area contributed by atoms with E-state index in [-0.39, 0.29) is 6.01 Å². The summed E-state index contributed by atoms with van der Waals surface area (Å²) in [5.74, 6) is -0.469. The van der Waals surface area contributed by atoms with Crippen LogP contribution in [0.25, 0.3) is 27.9 Å². The number of alkyl halides is 3. The Hall–Kier alpha value is -4.02. The maximum Gasteiger partial charge on any atom is 0.435 e. The van der Waals surface area contributed by atoms with Crippen LogP contribution in [0.5, 0.6) is 6.01 Å². The van der Waals surface area contributed by atoms with Gasteiger partial charge in [-0.2, -0.15) is 18.3 Å². The molecule has 3 aromatic heterocycles. The number of aromatic nitrogens is 5. The zero-order valence-electron chi connectivity index (χ0n) is 18.1. The molecule has 11 heteroatoms. The van der Waals surface area contributed by atoms with Crippen LogP contribution in [-0.4, -0.2) is 38.4 Å². The standard InChI is InChI=1S/C23H18F4N6O/c1-3-28-17-7-13(24)6-15-14(17)8-18-20(15)21(33-5-4-19(32-33)23(25,26)27)16(11-29-18)12-9-30-22(34-2)31-10-12/h4-7,9-11,28H,3,8H2,1-2H3. The van der Waals surface area contributed by atoms with Crippen molar-refractivity contribution in [2.45, 2.75) is 19.5 Å². The summed E-state index contributed by atoms with van der Waals surface area (Å²) in [6, 6.07) is 3.81. The van der Waals surface area contributed by atoms with E-state index in [0.717, 1.165) is 16.3 Å². The largest absolute Gasteiger partial charge is 0.467 e. The van der Waals surface area contributed by atoms with E-state index in [1.54, 1.807) is 6.20 Å². The van der Waals surface area contributed by atoms with Gasteiger partial charge < -0.3 is 10.1 Å². The molecule has 0 aliphatic heterocycles. The fourth-order valence-corrected chi connectivity index (χ4v) is 4.13. The van der Waals surface area contributed by atoms with Crippen LogP contribution in [-0.2, 0) is 12.6 Å². The summed E-state index contributed by atoms with van der Waals surface area (Å²) < 4.78 is 60.8. The van der Waals surface area contributed by atoms with E-state index in [1.165, 1.54) is 37.8 Å². The lowest BCUT2D eigenvalue weighted by Gasteiger charge is -2.16. The third kappa shape index (κ3) is 3.62. The Balaban J connectivity index is 1.79. The van der Waals surface area contributed by atoms with Crippen molar-refractivity contribution in [1.82, 2.24) is 24.7 Å². The summed E-state index contributed by atoms with van der Waals surface area (Å²) in [7, 11) is 1.42. The van der Waals surface area contributed by atoms with Crippen molar-refractivity contribution in [3.8, 4) is 34.0 Å². The van der Waals surface area contributed by atoms with Crippen molar-refractivity contribution >= 4 is 5.69 Å². The van der Waals surface area contributed by atoms with Gasteiger partial charge in [-0.05, 0) is 36.2 Å². The molecule has 0 saturated heterocycles. The van der Waals surface area contributed by atoms with Gasteiger partial charge in [0.05, 0.1) is 18.5 Å². The number of benzene rings is 1. The van der Waals surface area contributed by atoms with Crippen molar-refractivity contribution in [1.29, 1.82) is 0 Å². The first-order chi connectivity index (χ1) is 16.3. The maximum atomic E-state index is 14.6. The van der Waals surface area contributed by atoms with E-state index >= 15 is 0 Å². The van der Waals surface area contributed by atoms with Gasteiger partial charge >= 0.3 is 12.2 Å². The number of hydrogen-bond donors (Lipinski definition) is 1. The maximum absolute atomic E-state index is 14.6. The Morgan fingerprint density at radius 2 is 1.85 bits per heavy atom. The summed E-state index contributed by atoms with van der Waals surface area (Å²) in [4.78, 5) is 12.8. The van der Waals surface area contributed by atoms with Gasteiger partial charge in [0.25, 0.3) is 0 Å². The van der Waals surface area contributed by atoms with Crippen LogP contribution in [0.15, 0.2) is 43.0 Å². The monoisotopic (exact) mass is 470 g/mol. The molecular formula is C23H18F4N6O. The van der Waals surface area contributed by atoms with Crippen LogP contribution in [0.3, 0.4) is 0 Å². The quantitative estimate of drug-likeness (QED) is 0.369. The molecule has 174 valence electrons. The Morgan fingerprint density at radius 1 is 1.09 bits per heavy atom. The molecule has 0 unspecified atom stereocenters. The molecule has 0 saturated carbocycles. The minimum atomic E-state index is -4.62. The molecule has 3 heterocycles. The van der Waals surface area contributed by atoms with Crippen molar-refractivity contribution < 1.29 is 22.3 Å². The number of anilines is 1. The number of ether oxygens (including phenoxy) is 1. The SMILES string of the molecule is CCNc1cc(F)cc2c1Cc1ncc(-c3cnc(OC)nc3)c(-n3ccc(C(F)(F)F)n3)c1-2. The minimum Gasteiger partial charge on any atom is -0.467 e. The normalized spacial score (nSPS) is 12.4. The fraction of sp³-hybridized carbons (Fsp3) is 0.217. The minimum absolute atomic E-state index is 0.139. The average Bonchev–Trinajstić information content (AvgIpc) is 3.44. The zero-order valence-corrected chi connectivity index (χ0v) is 18.1. The molecule has 0 radical (unpaired) electrons. The number of nitrogens with one attached hydrogen (secondary N) is 1. The predicted molar refractivity (Wildman–Crippen MR) is 116 cm³/mol. The van der Waals surface area contributed by atoms with Gasteiger partial charge in [0.2, 0.25) is 0 Å². The van der Waals surface area contributed by atoms with Crippen molar-refractivity contribution in [2.75, 3.05) is 19.0 Å². The smallest absolute Gasteiger partial charge is 0.435 e. The van der Waals surface area contributed by atoms with Crippen molar-refractivity contribution in [3.63, 3.8) is 0 Å². The molecule has 5 rings (SSSR count). The van der Waals surface area contributed by atoms with E-state index < -0.39 is 17.7 Å². The first kappa shape index (κ1) is 21.8. The number of pyridine rings is 1. The van der Waals surface area contributed by atoms with Gasteiger partial charge in [-0.3, -0.25) is 4.98 Å². The number of nitrogens with zero attached hydrogens (tertiary/aromatic N) is 5. The summed E-state index contributed by atoms with van der Waals surface area (Å²) in [6.07, 6.45) is 1.52. The molecule has 34 heavy (non-hydrogen) atoms. The van der Waals surface area contributed by atoms with Crippen LogP contribution in [0.1, 0.15) is 23.9 Å². The number of fused-ring (bicyclic) bond motifs is 3. The lowest BCUT2D eigenvalue weighted by molar-refractivity contribution is -0.141. The fourth-order valence-electron chi connectivity index (χ4n) is 4.13. The molecule has 0 atom stereocenters. The second kappa shape index (κ2) is 8.08. The second-order valence-corrected chi connectivity index (χ2v) is 7.63. The third-order valence-corrected chi connectivity index (χ3v) is 5.56. The number of halogens is 4. The van der Waals surface area contributed by atoms with Gasteiger partial charge in [0, 0.05) is 60.1 Å². The van der Waals surface area contributed by atoms with Crippen LogP contribution < -0.4 is 10.1 Å². The van der Waals surface area contributed by atoms with Crippen LogP contribution in [0.4, 0.5) is 23.2 Å². The molecule has 1 aromatic carbocycles. The Labute approximate surface area is 191 Å². The number of methoxy groups -OCH3 is 1. The van der Waals surface area contributed by atoms with Crippen LogP contribution >= 0.6 is 0 Å².